The van der Waals surface area contributed by atoms with E-state index < -0.39 is 47.6 Å². The van der Waals surface area contributed by atoms with E-state index in [1.54, 1.807) is 0 Å². The van der Waals surface area contributed by atoms with Crippen molar-refractivity contribution in [1.82, 2.24) is 9.55 Å². The van der Waals surface area contributed by atoms with Gasteiger partial charge in [-0.05, 0) is 0 Å². The summed E-state index contributed by atoms with van der Waals surface area (Å²) in [6.45, 7) is 2.27. The first-order valence-electron chi connectivity index (χ1n) is 8.08. The first-order chi connectivity index (χ1) is 12.7. The van der Waals surface area contributed by atoms with Gasteiger partial charge < -0.3 is 18.9 Å². The van der Waals surface area contributed by atoms with Crippen LogP contribution in [0.25, 0.3) is 0 Å². The van der Waals surface area contributed by atoms with E-state index in [1.807, 2.05) is 0 Å². The average Bonchev–Trinajstić information content (AvgIpc) is 2.96. The molecule has 0 aromatic carbocycles. The van der Waals surface area contributed by atoms with E-state index in [9.17, 15) is 24.0 Å². The smallest absolute Gasteiger partial charge is 0.330 e. The Morgan fingerprint density at radius 3 is 2.56 bits per heavy atom. The SMILES string of the molecule is COC(=O)Cc1cn([C@H]2C[C@H](OC(C)=O)[C@@H](COC(C)=O)O2)c(=O)[nH]c1=O. The predicted molar refractivity (Wildman–Crippen MR) is 87.8 cm³/mol. The number of nitrogens with zero attached hydrogens (tertiary/aromatic N) is 1. The molecule has 11 heteroatoms. The Morgan fingerprint density at radius 1 is 1.26 bits per heavy atom. The molecule has 148 valence electrons. The van der Waals surface area contributed by atoms with Gasteiger partial charge >= 0.3 is 23.6 Å². The van der Waals surface area contributed by atoms with E-state index in [4.69, 9.17) is 14.2 Å². The summed E-state index contributed by atoms with van der Waals surface area (Å²) in [6, 6.07) is 0. The lowest BCUT2D eigenvalue weighted by molar-refractivity contribution is -0.155. The van der Waals surface area contributed by atoms with Gasteiger partial charge in [0.25, 0.3) is 5.56 Å². The van der Waals surface area contributed by atoms with E-state index in [0.717, 1.165) is 4.57 Å². The van der Waals surface area contributed by atoms with Crippen molar-refractivity contribution in [3.8, 4) is 0 Å². The average molecular weight is 384 g/mol. The van der Waals surface area contributed by atoms with E-state index in [-0.39, 0.29) is 25.0 Å². The zero-order valence-electron chi connectivity index (χ0n) is 15.1. The molecule has 0 spiro atoms. The van der Waals surface area contributed by atoms with Gasteiger partial charge in [-0.25, -0.2) is 4.79 Å². The van der Waals surface area contributed by atoms with E-state index in [0.29, 0.717) is 0 Å². The van der Waals surface area contributed by atoms with Crippen molar-refractivity contribution in [2.45, 2.75) is 45.1 Å². The number of esters is 3. The summed E-state index contributed by atoms with van der Waals surface area (Å²) in [5, 5.41) is 0. The van der Waals surface area contributed by atoms with E-state index >= 15 is 0 Å². The van der Waals surface area contributed by atoms with Gasteiger partial charge in [-0.1, -0.05) is 0 Å². The molecule has 2 heterocycles. The van der Waals surface area contributed by atoms with Crippen molar-refractivity contribution >= 4 is 17.9 Å². The number of rotatable bonds is 6. The molecule has 3 atom stereocenters. The Bertz CT molecular complexity index is 841. The maximum absolute atomic E-state index is 12.2. The molecule has 1 N–H and O–H groups in total. The fraction of sp³-hybridized carbons (Fsp3) is 0.562. The van der Waals surface area contributed by atoms with Gasteiger partial charge in [0, 0.05) is 32.0 Å². The molecule has 0 radical (unpaired) electrons. The van der Waals surface area contributed by atoms with Crippen LogP contribution in [0.3, 0.4) is 0 Å². The molecule has 1 saturated heterocycles. The number of aromatic nitrogens is 2. The summed E-state index contributed by atoms with van der Waals surface area (Å²) in [4.78, 5) is 59.9. The molecular weight excluding hydrogens is 364 g/mol. The Morgan fingerprint density at radius 2 is 1.96 bits per heavy atom. The molecule has 1 aromatic heterocycles. The van der Waals surface area contributed by atoms with Crippen LogP contribution in [0, 0.1) is 0 Å². The molecule has 0 amide bonds. The summed E-state index contributed by atoms with van der Waals surface area (Å²) < 4.78 is 21.4. The van der Waals surface area contributed by atoms with Crippen LogP contribution in [0.1, 0.15) is 32.1 Å². The van der Waals surface area contributed by atoms with Gasteiger partial charge in [-0.15, -0.1) is 0 Å². The van der Waals surface area contributed by atoms with Crippen molar-refractivity contribution in [3.05, 3.63) is 32.6 Å². The Hall–Kier alpha value is -2.95. The second-order valence-corrected chi connectivity index (χ2v) is 5.89. The standard InChI is InChI=1S/C16H20N2O9/c1-8(19)25-7-12-11(26-9(2)20)5-13(27-12)18-6-10(4-14(21)24-3)15(22)17-16(18)23/h6,11-13H,4-5,7H2,1-3H3,(H,17,22,23)/t11-,12+,13+/m0/s1. The van der Waals surface area contributed by atoms with Crippen LogP contribution in [0.5, 0.6) is 0 Å². The second-order valence-electron chi connectivity index (χ2n) is 5.89. The Kier molecular flexibility index (Phi) is 6.50. The minimum absolute atomic E-state index is 0.0116. The Labute approximate surface area is 153 Å². The van der Waals surface area contributed by atoms with Crippen LogP contribution in [0.4, 0.5) is 0 Å². The summed E-state index contributed by atoms with van der Waals surface area (Å²) in [5.41, 5.74) is -1.46. The first-order valence-corrected chi connectivity index (χ1v) is 8.08. The van der Waals surface area contributed by atoms with Gasteiger partial charge in [0.2, 0.25) is 0 Å². The monoisotopic (exact) mass is 384 g/mol. The van der Waals surface area contributed by atoms with Crippen LogP contribution in [0.2, 0.25) is 0 Å². The third kappa shape index (κ3) is 5.26. The highest BCUT2D eigenvalue weighted by Crippen LogP contribution is 2.30. The molecule has 0 saturated carbocycles. The molecule has 0 aliphatic carbocycles. The lowest BCUT2D eigenvalue weighted by atomic mass is 10.2. The molecule has 27 heavy (non-hydrogen) atoms. The second kappa shape index (κ2) is 8.62. The van der Waals surface area contributed by atoms with Crippen molar-refractivity contribution in [3.63, 3.8) is 0 Å². The number of hydrogen-bond donors (Lipinski definition) is 1. The third-order valence-corrected chi connectivity index (χ3v) is 3.86. The first kappa shape index (κ1) is 20.4. The highest BCUT2D eigenvalue weighted by atomic mass is 16.6. The van der Waals surface area contributed by atoms with Crippen LogP contribution < -0.4 is 11.2 Å². The fourth-order valence-corrected chi connectivity index (χ4v) is 2.65. The molecular formula is C16H20N2O9. The van der Waals surface area contributed by atoms with E-state index in [2.05, 4.69) is 9.72 Å². The van der Waals surface area contributed by atoms with Crippen molar-refractivity contribution < 1.29 is 33.3 Å². The van der Waals surface area contributed by atoms with Crippen molar-refractivity contribution in [2.24, 2.45) is 0 Å². The quantitative estimate of drug-likeness (QED) is 0.484. The van der Waals surface area contributed by atoms with Gasteiger partial charge in [-0.2, -0.15) is 0 Å². The van der Waals surface area contributed by atoms with Crippen LogP contribution in [0.15, 0.2) is 15.8 Å². The van der Waals surface area contributed by atoms with Gasteiger partial charge in [-0.3, -0.25) is 28.7 Å². The van der Waals surface area contributed by atoms with Crippen LogP contribution in [-0.4, -0.2) is 53.4 Å². The number of nitrogens with one attached hydrogen (secondary N) is 1. The number of aromatic amines is 1. The topological polar surface area (TPSA) is 143 Å². The van der Waals surface area contributed by atoms with Crippen molar-refractivity contribution in [2.75, 3.05) is 13.7 Å². The largest absolute Gasteiger partial charge is 0.469 e. The number of hydrogen-bond acceptors (Lipinski definition) is 9. The predicted octanol–water partition coefficient (Wildman–Crippen LogP) is -0.966. The normalized spacial score (nSPS) is 21.5. The molecule has 1 fully saturated rings. The number of carbonyl (C=O) groups is 3. The lowest BCUT2D eigenvalue weighted by Gasteiger charge is -2.17. The van der Waals surface area contributed by atoms with Crippen LogP contribution in [-0.2, 0) is 39.8 Å². The molecule has 2 rings (SSSR count). The zero-order valence-corrected chi connectivity index (χ0v) is 15.1. The highest BCUT2D eigenvalue weighted by molar-refractivity contribution is 5.72. The van der Waals surface area contributed by atoms with Gasteiger partial charge in [0.05, 0.1) is 13.5 Å². The molecule has 1 aliphatic heterocycles. The number of carbonyl (C=O) groups excluding carboxylic acids is 3. The lowest BCUT2D eigenvalue weighted by Crippen LogP contribution is -2.35. The van der Waals surface area contributed by atoms with Gasteiger partial charge in [0.1, 0.15) is 25.0 Å². The zero-order chi connectivity index (χ0) is 20.1. The number of methoxy groups -OCH3 is 1. The molecule has 1 aromatic rings. The third-order valence-electron chi connectivity index (χ3n) is 3.86. The minimum atomic E-state index is -0.893. The maximum Gasteiger partial charge on any atom is 0.330 e. The number of H-pyrrole nitrogens is 1. The maximum atomic E-state index is 12.2. The fourth-order valence-electron chi connectivity index (χ4n) is 2.65. The summed E-state index contributed by atoms with van der Waals surface area (Å²) >= 11 is 0. The summed E-state index contributed by atoms with van der Waals surface area (Å²) in [5.74, 6) is -1.74. The molecule has 0 bridgehead atoms. The van der Waals surface area contributed by atoms with Crippen LogP contribution >= 0.6 is 0 Å². The van der Waals surface area contributed by atoms with Gasteiger partial charge in [0.15, 0.2) is 0 Å². The van der Waals surface area contributed by atoms with Crippen molar-refractivity contribution in [1.29, 1.82) is 0 Å². The molecule has 1 aliphatic rings. The highest BCUT2D eigenvalue weighted by Gasteiger charge is 2.39. The molecule has 0 unspecified atom stereocenters. The summed E-state index contributed by atoms with van der Waals surface area (Å²) in [7, 11) is 1.18. The van der Waals surface area contributed by atoms with E-state index in [1.165, 1.54) is 27.2 Å². The minimum Gasteiger partial charge on any atom is -0.469 e. The number of ether oxygens (including phenoxy) is 4. The molecule has 11 nitrogen and oxygen atoms in total. The summed E-state index contributed by atoms with van der Waals surface area (Å²) in [6.07, 6.45) is -1.48. The Balaban J connectivity index is 2.28.